The van der Waals surface area contributed by atoms with Gasteiger partial charge in [-0.25, -0.2) is 0 Å². The summed E-state index contributed by atoms with van der Waals surface area (Å²) in [6.45, 7) is 10.2. The lowest BCUT2D eigenvalue weighted by atomic mass is 9.76. The number of hydrogen-bond acceptors (Lipinski definition) is 2. The lowest BCUT2D eigenvalue weighted by molar-refractivity contribution is 0.143. The van der Waals surface area contributed by atoms with Gasteiger partial charge in [-0.05, 0) is 50.1 Å². The molecule has 0 radical (unpaired) electrons. The van der Waals surface area contributed by atoms with Crippen LogP contribution in [0.15, 0.2) is 12.4 Å². The molecule has 0 saturated heterocycles. The van der Waals surface area contributed by atoms with Gasteiger partial charge in [-0.1, -0.05) is 20.8 Å². The molecule has 2 rings (SSSR count). The van der Waals surface area contributed by atoms with E-state index in [-0.39, 0.29) is 0 Å². The topological polar surface area (TPSA) is 29.9 Å². The molecule has 4 atom stereocenters. The van der Waals surface area contributed by atoms with Crippen LogP contribution >= 0.6 is 0 Å². The highest BCUT2D eigenvalue weighted by Gasteiger charge is 2.35. The van der Waals surface area contributed by atoms with Crippen LogP contribution < -0.4 is 5.32 Å². The second-order valence-corrected chi connectivity index (χ2v) is 6.10. The predicted molar refractivity (Wildman–Crippen MR) is 75.6 cm³/mol. The standard InChI is InChI=1S/C15H27N3/c1-5-6-16-14-8-11(2)7-13(4)15(14)18-10-12(3)9-17-18/h9-11,13-16H,5-8H2,1-4H3. The molecule has 0 spiro atoms. The highest BCUT2D eigenvalue weighted by molar-refractivity contribution is 5.03. The first-order valence-corrected chi connectivity index (χ1v) is 7.36. The summed E-state index contributed by atoms with van der Waals surface area (Å²) in [7, 11) is 0. The molecule has 0 amide bonds. The molecule has 3 heteroatoms. The molecule has 1 saturated carbocycles. The van der Waals surface area contributed by atoms with E-state index in [1.807, 2.05) is 6.20 Å². The zero-order chi connectivity index (χ0) is 13.1. The van der Waals surface area contributed by atoms with Crippen LogP contribution in [-0.2, 0) is 0 Å². The monoisotopic (exact) mass is 249 g/mol. The van der Waals surface area contributed by atoms with Gasteiger partial charge in [0.05, 0.1) is 12.2 Å². The molecule has 1 fully saturated rings. The molecular weight excluding hydrogens is 222 g/mol. The lowest BCUT2D eigenvalue weighted by Gasteiger charge is -2.40. The summed E-state index contributed by atoms with van der Waals surface area (Å²) in [5.41, 5.74) is 1.26. The van der Waals surface area contributed by atoms with Crippen molar-refractivity contribution in [2.75, 3.05) is 6.54 Å². The predicted octanol–water partition coefficient (Wildman–Crippen LogP) is 3.17. The maximum atomic E-state index is 4.55. The molecule has 1 aliphatic rings. The molecule has 1 heterocycles. The molecule has 102 valence electrons. The number of nitrogens with one attached hydrogen (secondary N) is 1. The molecule has 1 aromatic rings. The first-order chi connectivity index (χ1) is 8.61. The second kappa shape index (κ2) is 5.87. The van der Waals surface area contributed by atoms with E-state index in [4.69, 9.17) is 0 Å². The first-order valence-electron chi connectivity index (χ1n) is 7.36. The van der Waals surface area contributed by atoms with E-state index in [1.165, 1.54) is 24.8 Å². The van der Waals surface area contributed by atoms with E-state index >= 15 is 0 Å². The maximum absolute atomic E-state index is 4.55. The zero-order valence-corrected chi connectivity index (χ0v) is 12.2. The van der Waals surface area contributed by atoms with Crippen molar-refractivity contribution in [3.63, 3.8) is 0 Å². The van der Waals surface area contributed by atoms with Crippen molar-refractivity contribution >= 4 is 0 Å². The lowest BCUT2D eigenvalue weighted by Crippen LogP contribution is -2.45. The summed E-state index contributed by atoms with van der Waals surface area (Å²) in [5.74, 6) is 1.52. The molecular formula is C15H27N3. The molecule has 1 aliphatic carbocycles. The minimum Gasteiger partial charge on any atom is -0.312 e. The van der Waals surface area contributed by atoms with Gasteiger partial charge in [0, 0.05) is 12.2 Å². The van der Waals surface area contributed by atoms with E-state index in [1.54, 1.807) is 0 Å². The summed E-state index contributed by atoms with van der Waals surface area (Å²) < 4.78 is 2.19. The average molecular weight is 249 g/mol. The van der Waals surface area contributed by atoms with E-state index in [0.29, 0.717) is 18.0 Å². The van der Waals surface area contributed by atoms with Gasteiger partial charge in [0.1, 0.15) is 0 Å². The minimum atomic E-state index is 0.515. The zero-order valence-electron chi connectivity index (χ0n) is 12.2. The Bertz CT molecular complexity index is 372. The van der Waals surface area contributed by atoms with Crippen molar-refractivity contribution in [2.45, 2.75) is 59.0 Å². The van der Waals surface area contributed by atoms with Crippen molar-refractivity contribution in [1.29, 1.82) is 0 Å². The summed E-state index contributed by atoms with van der Waals surface area (Å²) in [4.78, 5) is 0. The molecule has 1 aromatic heterocycles. The van der Waals surface area contributed by atoms with Crippen LogP contribution in [0.1, 0.15) is 51.6 Å². The Morgan fingerprint density at radius 3 is 2.78 bits per heavy atom. The molecule has 3 nitrogen and oxygen atoms in total. The number of hydrogen-bond donors (Lipinski definition) is 1. The van der Waals surface area contributed by atoms with Crippen molar-refractivity contribution in [3.8, 4) is 0 Å². The number of aryl methyl sites for hydroxylation is 1. The summed E-state index contributed by atoms with van der Waals surface area (Å²) >= 11 is 0. The largest absolute Gasteiger partial charge is 0.312 e. The third-order valence-corrected chi connectivity index (χ3v) is 4.12. The Morgan fingerprint density at radius 1 is 1.39 bits per heavy atom. The second-order valence-electron chi connectivity index (χ2n) is 6.10. The normalized spacial score (nSPS) is 32.7. The summed E-state index contributed by atoms with van der Waals surface area (Å²) in [6.07, 6.45) is 7.95. The Balaban J connectivity index is 2.16. The third kappa shape index (κ3) is 2.94. The van der Waals surface area contributed by atoms with E-state index < -0.39 is 0 Å². The van der Waals surface area contributed by atoms with Crippen molar-refractivity contribution < 1.29 is 0 Å². The van der Waals surface area contributed by atoms with Crippen LogP contribution in [0.3, 0.4) is 0 Å². The fourth-order valence-electron chi connectivity index (χ4n) is 3.41. The van der Waals surface area contributed by atoms with E-state index in [9.17, 15) is 0 Å². The van der Waals surface area contributed by atoms with E-state index in [0.717, 1.165) is 12.5 Å². The van der Waals surface area contributed by atoms with Gasteiger partial charge < -0.3 is 5.32 Å². The highest BCUT2D eigenvalue weighted by Crippen LogP contribution is 2.36. The van der Waals surface area contributed by atoms with Gasteiger partial charge in [-0.15, -0.1) is 0 Å². The SMILES string of the molecule is CCCNC1CC(C)CC(C)C1n1cc(C)cn1. The van der Waals surface area contributed by atoms with Gasteiger partial charge in [-0.3, -0.25) is 4.68 Å². The number of rotatable bonds is 4. The summed E-state index contributed by atoms with van der Waals surface area (Å²) in [6, 6.07) is 1.09. The molecule has 1 N–H and O–H groups in total. The average Bonchev–Trinajstić information content (AvgIpc) is 2.72. The van der Waals surface area contributed by atoms with Gasteiger partial charge >= 0.3 is 0 Å². The van der Waals surface area contributed by atoms with Gasteiger partial charge in [0.25, 0.3) is 0 Å². The van der Waals surface area contributed by atoms with Crippen LogP contribution in [0, 0.1) is 18.8 Å². The smallest absolute Gasteiger partial charge is 0.0697 e. The van der Waals surface area contributed by atoms with Crippen LogP contribution in [0.2, 0.25) is 0 Å². The van der Waals surface area contributed by atoms with Gasteiger partial charge in [0.15, 0.2) is 0 Å². The fraction of sp³-hybridized carbons (Fsp3) is 0.800. The van der Waals surface area contributed by atoms with Crippen molar-refractivity contribution in [1.82, 2.24) is 15.1 Å². The number of aromatic nitrogens is 2. The maximum Gasteiger partial charge on any atom is 0.0697 e. The fourth-order valence-corrected chi connectivity index (χ4v) is 3.41. The van der Waals surface area contributed by atoms with Crippen LogP contribution in [0.25, 0.3) is 0 Å². The summed E-state index contributed by atoms with van der Waals surface area (Å²) in [5, 5.41) is 8.28. The highest BCUT2D eigenvalue weighted by atomic mass is 15.3. The molecule has 18 heavy (non-hydrogen) atoms. The Kier molecular flexibility index (Phi) is 4.44. The molecule has 4 unspecified atom stereocenters. The Labute approximate surface area is 111 Å². The Morgan fingerprint density at radius 2 is 2.17 bits per heavy atom. The first kappa shape index (κ1) is 13.6. The minimum absolute atomic E-state index is 0.515. The van der Waals surface area contributed by atoms with Crippen LogP contribution in [0.5, 0.6) is 0 Å². The number of nitrogens with zero attached hydrogens (tertiary/aromatic N) is 2. The van der Waals surface area contributed by atoms with Crippen LogP contribution in [-0.4, -0.2) is 22.4 Å². The quantitative estimate of drug-likeness (QED) is 0.888. The van der Waals surface area contributed by atoms with Crippen molar-refractivity contribution in [3.05, 3.63) is 18.0 Å². The van der Waals surface area contributed by atoms with Crippen LogP contribution in [0.4, 0.5) is 0 Å². The molecule has 0 aliphatic heterocycles. The van der Waals surface area contributed by atoms with E-state index in [2.05, 4.69) is 49.0 Å². The van der Waals surface area contributed by atoms with Gasteiger partial charge in [-0.2, -0.15) is 5.10 Å². The Hall–Kier alpha value is -0.830. The molecule has 0 aromatic carbocycles. The molecule has 0 bridgehead atoms. The van der Waals surface area contributed by atoms with Crippen molar-refractivity contribution in [2.24, 2.45) is 11.8 Å². The third-order valence-electron chi connectivity index (χ3n) is 4.12. The van der Waals surface area contributed by atoms with Gasteiger partial charge in [0.2, 0.25) is 0 Å².